The first-order valence-corrected chi connectivity index (χ1v) is 8.22. The minimum absolute atomic E-state index is 0.0294. The lowest BCUT2D eigenvalue weighted by molar-refractivity contribution is -0.149. The summed E-state index contributed by atoms with van der Waals surface area (Å²) in [6.45, 7) is 2.26. The molecule has 0 aromatic heterocycles. The quantitative estimate of drug-likeness (QED) is 0.291. The number of hydrogen-bond donors (Lipinski definition) is 4. The number of carbonyl (C=O) groups excluding carboxylic acids is 3. The molecular weight excluding hydrogens is 334 g/mol. The molecule has 1 saturated heterocycles. The number of amides is 3. The molecule has 1 rings (SSSR count). The van der Waals surface area contributed by atoms with Gasteiger partial charge in [-0.3, -0.25) is 9.59 Å². The van der Waals surface area contributed by atoms with E-state index in [0.29, 0.717) is 32.2 Å². The number of ether oxygens (including phenoxy) is 1. The lowest BCUT2D eigenvalue weighted by Gasteiger charge is -2.26. The van der Waals surface area contributed by atoms with Crippen LogP contribution < -0.4 is 10.6 Å². The number of nitrogens with zero attached hydrogens (tertiary/aromatic N) is 1. The molecule has 4 N–H and O–H groups in total. The number of nitrogens with one attached hydrogen (secondary N) is 2. The summed E-state index contributed by atoms with van der Waals surface area (Å²) in [5.74, 6) is -1.72. The van der Waals surface area contributed by atoms with Crippen molar-refractivity contribution in [2.24, 2.45) is 0 Å². The van der Waals surface area contributed by atoms with E-state index in [0.717, 1.165) is 4.90 Å². The fraction of sp³-hybridized carbons (Fsp3) is 0.733. The molecule has 0 saturated carbocycles. The van der Waals surface area contributed by atoms with E-state index in [1.165, 1.54) is 0 Å². The van der Waals surface area contributed by atoms with Gasteiger partial charge in [-0.05, 0) is 26.2 Å². The van der Waals surface area contributed by atoms with Crippen molar-refractivity contribution < 1.29 is 34.1 Å². The SMILES string of the molecule is CCOC(=O)NCCCC[C@H](NC=O)C(=O)N1C[C@@H](O)C[C@H]1C(=O)O. The van der Waals surface area contributed by atoms with Crippen molar-refractivity contribution >= 4 is 24.4 Å². The molecule has 0 aliphatic carbocycles. The molecule has 142 valence electrons. The Morgan fingerprint density at radius 3 is 2.68 bits per heavy atom. The molecule has 1 aliphatic heterocycles. The van der Waals surface area contributed by atoms with Gasteiger partial charge >= 0.3 is 12.1 Å². The third-order valence-electron chi connectivity index (χ3n) is 3.88. The topological polar surface area (TPSA) is 145 Å². The van der Waals surface area contributed by atoms with Gasteiger partial charge < -0.3 is 30.5 Å². The maximum absolute atomic E-state index is 12.5. The Bertz CT molecular complexity index is 486. The molecule has 1 aliphatic rings. The van der Waals surface area contributed by atoms with E-state index < -0.39 is 36.2 Å². The van der Waals surface area contributed by atoms with Gasteiger partial charge in [-0.15, -0.1) is 0 Å². The second-order valence-electron chi connectivity index (χ2n) is 5.71. The van der Waals surface area contributed by atoms with Gasteiger partial charge in [0, 0.05) is 19.5 Å². The van der Waals surface area contributed by atoms with Crippen molar-refractivity contribution in [2.75, 3.05) is 19.7 Å². The van der Waals surface area contributed by atoms with Crippen LogP contribution in [0.25, 0.3) is 0 Å². The summed E-state index contributed by atoms with van der Waals surface area (Å²) < 4.78 is 4.71. The number of rotatable bonds is 10. The van der Waals surface area contributed by atoms with Gasteiger partial charge in [-0.2, -0.15) is 0 Å². The largest absolute Gasteiger partial charge is 0.480 e. The van der Waals surface area contributed by atoms with Crippen LogP contribution in [0.5, 0.6) is 0 Å². The van der Waals surface area contributed by atoms with Crippen LogP contribution in [-0.4, -0.2) is 77.4 Å². The molecule has 1 heterocycles. The van der Waals surface area contributed by atoms with Crippen molar-refractivity contribution in [2.45, 2.75) is 50.8 Å². The van der Waals surface area contributed by atoms with Crippen LogP contribution >= 0.6 is 0 Å². The number of unbranched alkanes of at least 4 members (excludes halogenated alkanes) is 1. The van der Waals surface area contributed by atoms with E-state index in [4.69, 9.17) is 9.84 Å². The molecule has 10 nitrogen and oxygen atoms in total. The van der Waals surface area contributed by atoms with E-state index in [9.17, 15) is 24.3 Å². The molecule has 0 spiro atoms. The van der Waals surface area contributed by atoms with E-state index in [-0.39, 0.29) is 19.6 Å². The fourth-order valence-corrected chi connectivity index (χ4v) is 2.70. The van der Waals surface area contributed by atoms with Crippen molar-refractivity contribution in [1.29, 1.82) is 0 Å². The monoisotopic (exact) mass is 359 g/mol. The molecule has 0 aromatic rings. The molecule has 3 amide bonds. The molecule has 10 heteroatoms. The zero-order valence-corrected chi connectivity index (χ0v) is 14.1. The smallest absolute Gasteiger partial charge is 0.407 e. The molecule has 1 fully saturated rings. The van der Waals surface area contributed by atoms with Crippen LogP contribution in [0.4, 0.5) is 4.79 Å². The van der Waals surface area contributed by atoms with E-state index in [1.807, 2.05) is 0 Å². The standard InChI is InChI=1S/C15H25N3O7/c1-2-25-15(24)16-6-4-3-5-11(17-9-19)13(21)18-8-10(20)7-12(18)14(22)23/h9-12,20H,2-8H2,1H3,(H,16,24)(H,17,19)(H,22,23)/t10-,11-,12-/m0/s1. The minimum Gasteiger partial charge on any atom is -0.480 e. The number of hydrogen-bond acceptors (Lipinski definition) is 6. The lowest BCUT2D eigenvalue weighted by atomic mass is 10.1. The van der Waals surface area contributed by atoms with Crippen LogP contribution in [0.2, 0.25) is 0 Å². The number of aliphatic carboxylic acids is 1. The lowest BCUT2D eigenvalue weighted by Crippen LogP contribution is -2.50. The Balaban J connectivity index is 2.49. The third-order valence-corrected chi connectivity index (χ3v) is 3.88. The molecule has 0 bridgehead atoms. The Labute approximate surface area is 145 Å². The highest BCUT2D eigenvalue weighted by Gasteiger charge is 2.40. The predicted molar refractivity (Wildman–Crippen MR) is 85.6 cm³/mol. The summed E-state index contributed by atoms with van der Waals surface area (Å²) in [7, 11) is 0. The van der Waals surface area contributed by atoms with E-state index in [1.54, 1.807) is 6.92 Å². The van der Waals surface area contributed by atoms with Gasteiger partial charge in [0.2, 0.25) is 12.3 Å². The van der Waals surface area contributed by atoms with Crippen LogP contribution in [0, 0.1) is 0 Å². The average Bonchev–Trinajstić information content (AvgIpc) is 2.95. The predicted octanol–water partition coefficient (Wildman–Crippen LogP) is -0.936. The van der Waals surface area contributed by atoms with Gasteiger partial charge in [-0.25, -0.2) is 9.59 Å². The minimum atomic E-state index is -1.19. The maximum atomic E-state index is 12.5. The number of aliphatic hydroxyl groups excluding tert-OH is 1. The molecule has 3 atom stereocenters. The van der Waals surface area contributed by atoms with Crippen LogP contribution in [0.15, 0.2) is 0 Å². The van der Waals surface area contributed by atoms with Gasteiger partial charge in [0.05, 0.1) is 12.7 Å². The van der Waals surface area contributed by atoms with E-state index in [2.05, 4.69) is 10.6 Å². The Morgan fingerprint density at radius 2 is 2.08 bits per heavy atom. The number of carboxylic acid groups (broad SMARTS) is 1. The highest BCUT2D eigenvalue weighted by Crippen LogP contribution is 2.20. The molecule has 0 aromatic carbocycles. The molecular formula is C15H25N3O7. The highest BCUT2D eigenvalue weighted by molar-refractivity contribution is 5.88. The number of alkyl carbamates (subject to hydrolysis) is 1. The first-order chi connectivity index (χ1) is 11.9. The summed E-state index contributed by atoms with van der Waals surface area (Å²) in [6.07, 6.45) is 0.333. The average molecular weight is 359 g/mol. The van der Waals surface area contributed by atoms with Gasteiger partial charge in [0.15, 0.2) is 0 Å². The van der Waals surface area contributed by atoms with Crippen LogP contribution in [0.1, 0.15) is 32.6 Å². The number of likely N-dealkylation sites (tertiary alicyclic amines) is 1. The zero-order valence-electron chi connectivity index (χ0n) is 14.1. The van der Waals surface area contributed by atoms with Gasteiger partial charge in [0.25, 0.3) is 0 Å². The fourth-order valence-electron chi connectivity index (χ4n) is 2.70. The Hall–Kier alpha value is -2.36. The number of β-amino-alcohol motifs (C(OH)–C–C–N with tert-alkyl or cyclic N) is 1. The van der Waals surface area contributed by atoms with Crippen LogP contribution in [0.3, 0.4) is 0 Å². The maximum Gasteiger partial charge on any atom is 0.407 e. The second-order valence-corrected chi connectivity index (χ2v) is 5.71. The summed E-state index contributed by atoms with van der Waals surface area (Å²) in [5, 5.41) is 23.7. The zero-order chi connectivity index (χ0) is 18.8. The van der Waals surface area contributed by atoms with Crippen molar-refractivity contribution in [3.05, 3.63) is 0 Å². The summed E-state index contributed by atoms with van der Waals surface area (Å²) in [6, 6.07) is -1.96. The summed E-state index contributed by atoms with van der Waals surface area (Å²) in [5.41, 5.74) is 0. The molecule has 0 radical (unpaired) electrons. The second kappa shape index (κ2) is 10.5. The van der Waals surface area contributed by atoms with Crippen molar-refractivity contribution in [3.8, 4) is 0 Å². The summed E-state index contributed by atoms with van der Waals surface area (Å²) >= 11 is 0. The number of carboxylic acids is 1. The first kappa shape index (κ1) is 20.7. The number of carbonyl (C=O) groups is 4. The Kier molecular flexibility index (Phi) is 8.68. The normalized spacial score (nSPS) is 20.6. The van der Waals surface area contributed by atoms with Gasteiger partial charge in [0.1, 0.15) is 12.1 Å². The molecule has 25 heavy (non-hydrogen) atoms. The van der Waals surface area contributed by atoms with Crippen molar-refractivity contribution in [1.82, 2.24) is 15.5 Å². The first-order valence-electron chi connectivity index (χ1n) is 8.22. The molecule has 0 unspecified atom stereocenters. The third kappa shape index (κ3) is 6.57. The Morgan fingerprint density at radius 1 is 1.36 bits per heavy atom. The number of aliphatic hydroxyl groups is 1. The van der Waals surface area contributed by atoms with E-state index >= 15 is 0 Å². The van der Waals surface area contributed by atoms with Crippen LogP contribution in [-0.2, 0) is 19.1 Å². The van der Waals surface area contributed by atoms with Gasteiger partial charge in [-0.1, -0.05) is 0 Å². The summed E-state index contributed by atoms with van der Waals surface area (Å²) in [4.78, 5) is 46.7. The van der Waals surface area contributed by atoms with Crippen molar-refractivity contribution in [3.63, 3.8) is 0 Å². The highest BCUT2D eigenvalue weighted by atomic mass is 16.5.